The first-order valence-electron chi connectivity index (χ1n) is 11.8. The van der Waals surface area contributed by atoms with E-state index in [1.165, 1.54) is 27.9 Å². The zero-order chi connectivity index (χ0) is 24.9. The molecule has 0 atom stereocenters. The SMILES string of the molecule is Cc1ccc(-n2c(C)cc(/C=C3\C(=N)N4N=C(CC(=O)N5CCCC5)SC4=NC3=O)c2C)cc1C. The molecule has 0 bridgehead atoms. The summed E-state index contributed by atoms with van der Waals surface area (Å²) >= 11 is 1.19. The van der Waals surface area contributed by atoms with E-state index in [2.05, 4.69) is 46.7 Å². The molecule has 180 valence electrons. The number of aryl methyl sites for hydroxylation is 3. The molecule has 1 fully saturated rings. The second-order valence-electron chi connectivity index (χ2n) is 9.21. The summed E-state index contributed by atoms with van der Waals surface area (Å²) in [7, 11) is 0. The van der Waals surface area contributed by atoms with E-state index < -0.39 is 5.91 Å². The van der Waals surface area contributed by atoms with Gasteiger partial charge in [0, 0.05) is 30.2 Å². The average Bonchev–Trinajstić information content (AvgIpc) is 3.53. The molecule has 1 saturated heterocycles. The highest BCUT2D eigenvalue weighted by Gasteiger charge is 2.36. The van der Waals surface area contributed by atoms with Gasteiger partial charge in [-0.2, -0.15) is 15.1 Å². The summed E-state index contributed by atoms with van der Waals surface area (Å²) in [5.74, 6) is -0.458. The van der Waals surface area contributed by atoms with Gasteiger partial charge in [0.2, 0.25) is 11.1 Å². The lowest BCUT2D eigenvalue weighted by molar-refractivity contribution is -0.128. The van der Waals surface area contributed by atoms with Gasteiger partial charge in [-0.1, -0.05) is 6.07 Å². The Bertz CT molecular complexity index is 1360. The van der Waals surface area contributed by atoms with Crippen molar-refractivity contribution >= 4 is 45.7 Å². The molecule has 8 nitrogen and oxygen atoms in total. The highest BCUT2D eigenvalue weighted by Crippen LogP contribution is 2.31. The Hall–Kier alpha value is -3.46. The first-order valence-corrected chi connectivity index (χ1v) is 12.6. The topological polar surface area (TPSA) is 94.1 Å². The van der Waals surface area contributed by atoms with E-state index in [0.717, 1.165) is 48.6 Å². The molecule has 9 heteroatoms. The number of aromatic nitrogens is 1. The molecular formula is C26H28N6O2S. The van der Waals surface area contributed by atoms with Crippen molar-refractivity contribution in [1.29, 1.82) is 5.41 Å². The van der Waals surface area contributed by atoms with Crippen molar-refractivity contribution < 1.29 is 9.59 Å². The zero-order valence-electron chi connectivity index (χ0n) is 20.4. The number of nitrogens with one attached hydrogen (secondary N) is 1. The number of likely N-dealkylation sites (tertiary alicyclic amines) is 1. The summed E-state index contributed by atoms with van der Waals surface area (Å²) in [5.41, 5.74) is 6.56. The van der Waals surface area contributed by atoms with Crippen LogP contribution in [-0.4, -0.2) is 55.4 Å². The molecule has 0 spiro atoms. The van der Waals surface area contributed by atoms with Gasteiger partial charge in [0.05, 0.1) is 12.0 Å². The van der Waals surface area contributed by atoms with Gasteiger partial charge in [-0.05, 0) is 93.3 Å². The number of fused-ring (bicyclic) bond motifs is 1. The molecule has 5 rings (SSSR count). The van der Waals surface area contributed by atoms with Gasteiger partial charge in [-0.3, -0.25) is 15.0 Å². The number of benzene rings is 1. The summed E-state index contributed by atoms with van der Waals surface area (Å²) in [6.45, 7) is 9.78. The van der Waals surface area contributed by atoms with Crippen LogP contribution in [0.4, 0.5) is 0 Å². The van der Waals surface area contributed by atoms with Crippen molar-refractivity contribution in [3.63, 3.8) is 0 Å². The molecule has 2 aromatic rings. The Morgan fingerprint density at radius 2 is 1.86 bits per heavy atom. The number of hydrogen-bond donors (Lipinski definition) is 1. The molecular weight excluding hydrogens is 460 g/mol. The van der Waals surface area contributed by atoms with E-state index in [-0.39, 0.29) is 23.7 Å². The summed E-state index contributed by atoms with van der Waals surface area (Å²) in [5, 5.41) is 15.4. The Morgan fingerprint density at radius 1 is 1.11 bits per heavy atom. The second-order valence-corrected chi connectivity index (χ2v) is 10.2. The molecule has 35 heavy (non-hydrogen) atoms. The van der Waals surface area contributed by atoms with Crippen LogP contribution in [0.3, 0.4) is 0 Å². The van der Waals surface area contributed by atoms with Gasteiger partial charge < -0.3 is 9.47 Å². The minimum atomic E-state index is -0.466. The van der Waals surface area contributed by atoms with E-state index in [9.17, 15) is 9.59 Å². The molecule has 1 aromatic heterocycles. The quantitative estimate of drug-likeness (QED) is 0.648. The van der Waals surface area contributed by atoms with E-state index in [1.54, 1.807) is 6.08 Å². The first-order chi connectivity index (χ1) is 16.7. The van der Waals surface area contributed by atoms with Crippen LogP contribution in [0.15, 0.2) is 39.9 Å². The fourth-order valence-electron chi connectivity index (χ4n) is 4.66. The van der Waals surface area contributed by atoms with Crippen LogP contribution in [0, 0.1) is 33.1 Å². The van der Waals surface area contributed by atoms with Gasteiger partial charge in [0.1, 0.15) is 5.04 Å². The number of hydrogen-bond acceptors (Lipinski definition) is 5. The number of carbonyl (C=O) groups is 2. The normalized spacial score (nSPS) is 18.9. The number of nitrogens with zero attached hydrogens (tertiary/aromatic N) is 5. The molecule has 1 N–H and O–H groups in total. The highest BCUT2D eigenvalue weighted by molar-refractivity contribution is 8.27. The number of amides is 2. The fourth-order valence-corrected chi connectivity index (χ4v) is 5.54. The van der Waals surface area contributed by atoms with Crippen LogP contribution in [0.5, 0.6) is 0 Å². The van der Waals surface area contributed by atoms with Crippen LogP contribution in [0.25, 0.3) is 11.8 Å². The van der Waals surface area contributed by atoms with Gasteiger partial charge in [-0.25, -0.2) is 0 Å². The third-order valence-corrected chi connectivity index (χ3v) is 7.68. The number of carbonyl (C=O) groups excluding carboxylic acids is 2. The predicted molar refractivity (Wildman–Crippen MR) is 140 cm³/mol. The summed E-state index contributed by atoms with van der Waals surface area (Å²) < 4.78 is 2.15. The van der Waals surface area contributed by atoms with Crippen LogP contribution in [-0.2, 0) is 9.59 Å². The molecule has 0 unspecified atom stereocenters. The van der Waals surface area contributed by atoms with E-state index in [4.69, 9.17) is 5.41 Å². The average molecular weight is 489 g/mol. The van der Waals surface area contributed by atoms with E-state index in [1.807, 2.05) is 24.8 Å². The maximum absolute atomic E-state index is 12.9. The lowest BCUT2D eigenvalue weighted by Crippen LogP contribution is -2.35. The van der Waals surface area contributed by atoms with E-state index in [0.29, 0.717) is 10.2 Å². The molecule has 3 aliphatic rings. The number of rotatable bonds is 4. The largest absolute Gasteiger partial charge is 0.342 e. The Balaban J connectivity index is 1.42. The van der Waals surface area contributed by atoms with Gasteiger partial charge in [0.25, 0.3) is 5.91 Å². The van der Waals surface area contributed by atoms with E-state index >= 15 is 0 Å². The van der Waals surface area contributed by atoms with Crippen molar-refractivity contribution in [2.45, 2.75) is 47.0 Å². The maximum Gasteiger partial charge on any atom is 0.283 e. The van der Waals surface area contributed by atoms with Crippen LogP contribution >= 0.6 is 11.8 Å². The fraction of sp³-hybridized carbons (Fsp3) is 0.346. The van der Waals surface area contributed by atoms with Crippen molar-refractivity contribution in [3.8, 4) is 5.69 Å². The summed E-state index contributed by atoms with van der Waals surface area (Å²) in [4.78, 5) is 31.4. The van der Waals surface area contributed by atoms with Crippen LogP contribution in [0.1, 0.15) is 47.3 Å². The number of amidine groups is 2. The first kappa shape index (κ1) is 23.3. The van der Waals surface area contributed by atoms with Gasteiger partial charge in [0.15, 0.2) is 5.84 Å². The number of thioether (sulfide) groups is 1. The molecule has 0 saturated carbocycles. The van der Waals surface area contributed by atoms with Gasteiger partial charge in [-0.15, -0.1) is 0 Å². The maximum atomic E-state index is 12.9. The monoisotopic (exact) mass is 488 g/mol. The van der Waals surface area contributed by atoms with Crippen molar-refractivity contribution in [3.05, 3.63) is 57.9 Å². The second kappa shape index (κ2) is 8.96. The van der Waals surface area contributed by atoms with Gasteiger partial charge >= 0.3 is 0 Å². The third kappa shape index (κ3) is 4.25. The highest BCUT2D eigenvalue weighted by atomic mass is 32.2. The minimum absolute atomic E-state index is 0.0212. The number of aliphatic imine (C=N–C) groups is 1. The standard InChI is InChI=1S/C26H28N6O2S/c1-15-7-8-20(11-16(15)2)31-17(3)12-19(18(31)4)13-21-24(27)32-26(28-25(21)34)35-22(29-32)14-23(33)30-9-5-6-10-30/h7-8,11-13,27H,5-6,9-10,14H2,1-4H3/b21-13+,27-24?. The predicted octanol–water partition coefficient (Wildman–Crippen LogP) is 4.34. The lowest BCUT2D eigenvalue weighted by atomic mass is 10.1. The molecule has 1 aromatic carbocycles. The molecule has 3 aliphatic heterocycles. The molecule has 2 amide bonds. The Labute approximate surface area is 208 Å². The molecule has 0 aliphatic carbocycles. The van der Waals surface area contributed by atoms with Crippen LogP contribution < -0.4 is 0 Å². The summed E-state index contributed by atoms with van der Waals surface area (Å²) in [6.07, 6.45) is 3.94. The zero-order valence-corrected chi connectivity index (χ0v) is 21.2. The Kier molecular flexibility index (Phi) is 5.96. The number of hydrazone groups is 1. The van der Waals surface area contributed by atoms with Crippen LogP contribution in [0.2, 0.25) is 0 Å². The third-order valence-electron chi connectivity index (χ3n) is 6.78. The lowest BCUT2D eigenvalue weighted by Gasteiger charge is -2.20. The smallest absolute Gasteiger partial charge is 0.283 e. The minimum Gasteiger partial charge on any atom is -0.342 e. The Morgan fingerprint density at radius 3 is 2.57 bits per heavy atom. The van der Waals surface area contributed by atoms with Crippen molar-refractivity contribution in [2.75, 3.05) is 13.1 Å². The van der Waals surface area contributed by atoms with Crippen molar-refractivity contribution in [2.24, 2.45) is 10.1 Å². The molecule has 4 heterocycles. The summed E-state index contributed by atoms with van der Waals surface area (Å²) in [6, 6.07) is 8.36. The van der Waals surface area contributed by atoms with Crippen molar-refractivity contribution in [1.82, 2.24) is 14.5 Å². The molecule has 0 radical (unpaired) electrons.